The van der Waals surface area contributed by atoms with Gasteiger partial charge in [-0.3, -0.25) is 4.79 Å². The van der Waals surface area contributed by atoms with Gasteiger partial charge in [-0.1, -0.05) is 0 Å². The molecule has 0 bridgehead atoms. The summed E-state index contributed by atoms with van der Waals surface area (Å²) in [6, 6.07) is 0. The number of hydrogen-bond donors (Lipinski definition) is 2. The number of anilines is 1. The van der Waals surface area contributed by atoms with Crippen LogP contribution in [-0.2, 0) is 9.53 Å². The molecule has 0 saturated heterocycles. The summed E-state index contributed by atoms with van der Waals surface area (Å²) < 4.78 is 4.54. The molecule has 1 rings (SSSR count). The standard InChI is InChI=1S/C10H15N3O3S/c1-10(2,8(11)15)5-12-9-13-6(4-17-9)7(14)16-3/h4H,5H2,1-3H3,(H2,11,15)(H,12,13). The predicted molar refractivity (Wildman–Crippen MR) is 64.9 cm³/mol. The molecule has 1 heterocycles. The third-order valence-corrected chi connectivity index (χ3v) is 3.05. The molecule has 0 saturated carbocycles. The molecular formula is C10H15N3O3S. The Morgan fingerprint density at radius 3 is 2.76 bits per heavy atom. The van der Waals surface area contributed by atoms with E-state index in [0.29, 0.717) is 11.7 Å². The molecule has 0 atom stereocenters. The molecule has 17 heavy (non-hydrogen) atoms. The zero-order valence-corrected chi connectivity index (χ0v) is 10.8. The van der Waals surface area contributed by atoms with Gasteiger partial charge in [0.05, 0.1) is 12.5 Å². The molecule has 0 aliphatic rings. The number of methoxy groups -OCH3 is 1. The van der Waals surface area contributed by atoms with E-state index in [4.69, 9.17) is 5.73 Å². The zero-order chi connectivity index (χ0) is 13.1. The number of esters is 1. The summed E-state index contributed by atoms with van der Waals surface area (Å²) in [6.07, 6.45) is 0. The lowest BCUT2D eigenvalue weighted by atomic mass is 9.93. The van der Waals surface area contributed by atoms with Crippen molar-refractivity contribution in [3.8, 4) is 0 Å². The van der Waals surface area contributed by atoms with Crippen molar-refractivity contribution in [1.29, 1.82) is 0 Å². The van der Waals surface area contributed by atoms with Crippen molar-refractivity contribution in [3.05, 3.63) is 11.1 Å². The van der Waals surface area contributed by atoms with Gasteiger partial charge < -0.3 is 15.8 Å². The molecule has 0 spiro atoms. The van der Waals surface area contributed by atoms with Crippen molar-refractivity contribution in [1.82, 2.24) is 4.98 Å². The molecule has 0 unspecified atom stereocenters. The van der Waals surface area contributed by atoms with Crippen LogP contribution in [0.4, 0.5) is 5.13 Å². The highest BCUT2D eigenvalue weighted by Gasteiger charge is 2.25. The molecule has 7 heteroatoms. The van der Waals surface area contributed by atoms with Crippen molar-refractivity contribution in [2.24, 2.45) is 11.1 Å². The number of nitrogens with one attached hydrogen (secondary N) is 1. The highest BCUT2D eigenvalue weighted by molar-refractivity contribution is 7.13. The summed E-state index contributed by atoms with van der Waals surface area (Å²) in [5, 5.41) is 5.11. The monoisotopic (exact) mass is 257 g/mol. The largest absolute Gasteiger partial charge is 0.464 e. The van der Waals surface area contributed by atoms with Crippen LogP contribution in [0.3, 0.4) is 0 Å². The molecule has 0 aliphatic carbocycles. The molecule has 0 fully saturated rings. The number of amides is 1. The second-order valence-corrected chi connectivity index (χ2v) is 4.99. The molecule has 1 aromatic heterocycles. The molecule has 1 aromatic rings. The van der Waals surface area contributed by atoms with E-state index in [1.54, 1.807) is 19.2 Å². The summed E-state index contributed by atoms with van der Waals surface area (Å²) in [5.74, 6) is -0.877. The number of thiazole rings is 1. The fraction of sp³-hybridized carbons (Fsp3) is 0.500. The van der Waals surface area contributed by atoms with Crippen molar-refractivity contribution in [2.75, 3.05) is 19.0 Å². The first-order valence-corrected chi connectivity index (χ1v) is 5.82. The Bertz CT molecular complexity index is 428. The van der Waals surface area contributed by atoms with Gasteiger partial charge in [-0.25, -0.2) is 9.78 Å². The van der Waals surface area contributed by atoms with Gasteiger partial charge in [0.2, 0.25) is 5.91 Å². The number of nitrogens with two attached hydrogens (primary N) is 1. The number of aromatic nitrogens is 1. The third-order valence-electron chi connectivity index (χ3n) is 2.25. The van der Waals surface area contributed by atoms with Crippen LogP contribution in [0.15, 0.2) is 5.38 Å². The minimum atomic E-state index is -0.670. The summed E-state index contributed by atoms with van der Waals surface area (Å²) in [7, 11) is 1.30. The lowest BCUT2D eigenvalue weighted by Crippen LogP contribution is -2.37. The smallest absolute Gasteiger partial charge is 0.357 e. The van der Waals surface area contributed by atoms with E-state index in [9.17, 15) is 9.59 Å². The topological polar surface area (TPSA) is 94.3 Å². The van der Waals surface area contributed by atoms with E-state index in [-0.39, 0.29) is 5.69 Å². The highest BCUT2D eigenvalue weighted by atomic mass is 32.1. The molecular weight excluding hydrogens is 242 g/mol. The van der Waals surface area contributed by atoms with E-state index in [2.05, 4.69) is 15.0 Å². The minimum Gasteiger partial charge on any atom is -0.464 e. The Morgan fingerprint density at radius 1 is 1.59 bits per heavy atom. The molecule has 94 valence electrons. The minimum absolute atomic E-state index is 0.247. The molecule has 0 aromatic carbocycles. The first kappa shape index (κ1) is 13.4. The van der Waals surface area contributed by atoms with Crippen LogP contribution >= 0.6 is 11.3 Å². The van der Waals surface area contributed by atoms with Crippen LogP contribution in [0.25, 0.3) is 0 Å². The Balaban J connectivity index is 2.62. The molecule has 1 amide bonds. The van der Waals surface area contributed by atoms with Crippen LogP contribution in [0.5, 0.6) is 0 Å². The van der Waals surface area contributed by atoms with Gasteiger partial charge in [0.25, 0.3) is 0 Å². The van der Waals surface area contributed by atoms with Crippen molar-refractivity contribution < 1.29 is 14.3 Å². The molecule has 0 aliphatic heterocycles. The van der Waals surface area contributed by atoms with Crippen molar-refractivity contribution in [3.63, 3.8) is 0 Å². The van der Waals surface area contributed by atoms with Gasteiger partial charge in [0, 0.05) is 11.9 Å². The Kier molecular flexibility index (Phi) is 4.06. The molecule has 3 N–H and O–H groups in total. The van der Waals surface area contributed by atoms with Crippen LogP contribution in [0.2, 0.25) is 0 Å². The maximum atomic E-state index is 11.2. The maximum absolute atomic E-state index is 11.2. The van der Waals surface area contributed by atoms with Gasteiger partial charge >= 0.3 is 5.97 Å². The second kappa shape index (κ2) is 5.13. The van der Waals surface area contributed by atoms with Crippen molar-refractivity contribution >= 4 is 28.3 Å². The Hall–Kier alpha value is -1.63. The molecule has 6 nitrogen and oxygen atoms in total. The first-order chi connectivity index (χ1) is 7.86. The van der Waals surface area contributed by atoms with Crippen molar-refractivity contribution in [2.45, 2.75) is 13.8 Å². The number of ether oxygens (including phenoxy) is 1. The van der Waals surface area contributed by atoms with Crippen LogP contribution in [0.1, 0.15) is 24.3 Å². The predicted octanol–water partition coefficient (Wildman–Crippen LogP) is 0.853. The summed E-state index contributed by atoms with van der Waals surface area (Å²) in [4.78, 5) is 26.3. The number of nitrogens with zero attached hydrogens (tertiary/aromatic N) is 1. The van der Waals surface area contributed by atoms with E-state index in [1.165, 1.54) is 18.4 Å². The van der Waals surface area contributed by atoms with E-state index >= 15 is 0 Å². The SMILES string of the molecule is COC(=O)c1csc(NCC(C)(C)C(N)=O)n1. The Labute approximate surface area is 103 Å². The lowest BCUT2D eigenvalue weighted by molar-refractivity contribution is -0.125. The first-order valence-electron chi connectivity index (χ1n) is 4.94. The highest BCUT2D eigenvalue weighted by Crippen LogP contribution is 2.19. The van der Waals surface area contributed by atoms with Gasteiger partial charge in [0.1, 0.15) is 0 Å². The van der Waals surface area contributed by atoms with Gasteiger partial charge in [-0.15, -0.1) is 11.3 Å². The lowest BCUT2D eigenvalue weighted by Gasteiger charge is -2.20. The summed E-state index contributed by atoms with van der Waals surface area (Å²) >= 11 is 1.27. The average molecular weight is 257 g/mol. The summed E-state index contributed by atoms with van der Waals surface area (Å²) in [5.41, 5.74) is 4.82. The fourth-order valence-corrected chi connectivity index (χ4v) is 1.62. The fourth-order valence-electron chi connectivity index (χ4n) is 0.937. The van der Waals surface area contributed by atoms with Crippen LogP contribution in [-0.4, -0.2) is 30.5 Å². The maximum Gasteiger partial charge on any atom is 0.357 e. The van der Waals surface area contributed by atoms with E-state index in [1.807, 2.05) is 0 Å². The number of carbonyl (C=O) groups excluding carboxylic acids is 2. The van der Waals surface area contributed by atoms with E-state index in [0.717, 1.165) is 0 Å². The normalized spacial score (nSPS) is 11.0. The number of hydrogen-bond acceptors (Lipinski definition) is 6. The third kappa shape index (κ3) is 3.42. The molecule has 0 radical (unpaired) electrons. The number of carbonyl (C=O) groups is 2. The van der Waals surface area contributed by atoms with Gasteiger partial charge in [-0.2, -0.15) is 0 Å². The zero-order valence-electron chi connectivity index (χ0n) is 9.94. The van der Waals surface area contributed by atoms with E-state index < -0.39 is 17.3 Å². The quantitative estimate of drug-likeness (QED) is 0.763. The second-order valence-electron chi connectivity index (χ2n) is 4.13. The van der Waals surface area contributed by atoms with Crippen LogP contribution < -0.4 is 11.1 Å². The average Bonchev–Trinajstić information content (AvgIpc) is 2.74. The Morgan fingerprint density at radius 2 is 2.24 bits per heavy atom. The number of rotatable bonds is 5. The van der Waals surface area contributed by atoms with Crippen LogP contribution in [0, 0.1) is 5.41 Å². The van der Waals surface area contributed by atoms with Gasteiger partial charge in [0.15, 0.2) is 10.8 Å². The van der Waals surface area contributed by atoms with Gasteiger partial charge in [-0.05, 0) is 13.8 Å². The number of primary amides is 1. The summed E-state index contributed by atoms with van der Waals surface area (Å²) in [6.45, 7) is 3.82.